The molecule has 0 aliphatic heterocycles. The minimum Gasteiger partial charge on any atom is -0.299 e. The zero-order valence-corrected chi connectivity index (χ0v) is 5.32. The first-order chi connectivity index (χ1) is 4.72. The fourth-order valence-electron chi connectivity index (χ4n) is 1.90. The summed E-state index contributed by atoms with van der Waals surface area (Å²) in [5.41, 5.74) is 0. The molecule has 0 amide bonds. The lowest BCUT2D eigenvalue weighted by Crippen LogP contribution is -2.11. The number of ketones is 1. The highest BCUT2D eigenvalue weighted by Crippen LogP contribution is 2.51. The van der Waals surface area contributed by atoms with Gasteiger partial charge in [0.1, 0.15) is 5.78 Å². The molecule has 0 saturated heterocycles. The predicted octanol–water partition coefficient (Wildman–Crippen LogP) is 0.241. The molecule has 2 saturated carbocycles. The average molecular weight is 141 g/mol. The number of carbonyl (C=O) groups is 1. The van der Waals surface area contributed by atoms with Gasteiger partial charge in [-0.25, -0.2) is 0 Å². The Labute approximate surface area is 57.4 Å². The molecule has 4 nitrogen and oxygen atoms in total. The van der Waals surface area contributed by atoms with Gasteiger partial charge >= 0.3 is 0 Å². The summed E-state index contributed by atoms with van der Waals surface area (Å²) in [7, 11) is 0. The summed E-state index contributed by atoms with van der Waals surface area (Å²) in [6, 6.07) is -0.513. The minimum absolute atomic E-state index is 0.0995. The summed E-state index contributed by atoms with van der Waals surface area (Å²) in [5, 5.41) is 10.2. The topological polar surface area (TPSA) is 60.2 Å². The molecule has 0 heterocycles. The van der Waals surface area contributed by atoms with Gasteiger partial charge in [0.25, 0.3) is 0 Å². The average Bonchev–Trinajstić information content (AvgIpc) is 2.48. The fourth-order valence-corrected chi connectivity index (χ4v) is 1.90. The van der Waals surface area contributed by atoms with Crippen molar-refractivity contribution in [3.8, 4) is 0 Å². The number of nitrogens with zero attached hydrogens (tertiary/aromatic N) is 1. The molecule has 4 heteroatoms. The standard InChI is InChI=1S/C6H7NO3/c8-4-2-1-3-5(4)6(3)7(9)10/h3,5-6H,1-2H2/t3-,5-,6+/m0/s1. The molecule has 2 aliphatic carbocycles. The van der Waals surface area contributed by atoms with Gasteiger partial charge in [0, 0.05) is 17.3 Å². The van der Waals surface area contributed by atoms with Crippen LogP contribution < -0.4 is 0 Å². The maximum absolute atomic E-state index is 10.8. The second-order valence-electron chi connectivity index (χ2n) is 2.97. The molecule has 10 heavy (non-hydrogen) atoms. The van der Waals surface area contributed by atoms with Gasteiger partial charge in [-0.2, -0.15) is 0 Å². The zero-order valence-electron chi connectivity index (χ0n) is 5.32. The normalized spacial score (nSPS) is 43.2. The van der Waals surface area contributed by atoms with Crippen molar-refractivity contribution in [2.24, 2.45) is 11.8 Å². The van der Waals surface area contributed by atoms with Gasteiger partial charge in [0.15, 0.2) is 0 Å². The summed E-state index contributed by atoms with van der Waals surface area (Å²) in [5.74, 6) is 0.00389. The lowest BCUT2D eigenvalue weighted by Gasteiger charge is -1.92. The van der Waals surface area contributed by atoms with Crippen LogP contribution in [0.25, 0.3) is 0 Å². The Balaban J connectivity index is 2.12. The van der Waals surface area contributed by atoms with E-state index in [1.54, 1.807) is 0 Å². The summed E-state index contributed by atoms with van der Waals surface area (Å²) in [6.45, 7) is 0. The third-order valence-electron chi connectivity index (χ3n) is 2.47. The Bertz CT molecular complexity index is 209. The molecule has 0 unspecified atom stereocenters. The van der Waals surface area contributed by atoms with E-state index in [1.165, 1.54) is 0 Å². The van der Waals surface area contributed by atoms with Crippen molar-refractivity contribution in [3.63, 3.8) is 0 Å². The highest BCUT2D eigenvalue weighted by Gasteiger charge is 2.66. The Kier molecular flexibility index (Phi) is 0.910. The van der Waals surface area contributed by atoms with Crippen LogP contribution in [0.2, 0.25) is 0 Å². The summed E-state index contributed by atoms with van der Waals surface area (Å²) < 4.78 is 0. The van der Waals surface area contributed by atoms with Gasteiger partial charge in [-0.3, -0.25) is 14.9 Å². The van der Waals surface area contributed by atoms with Gasteiger partial charge in [-0.05, 0) is 6.42 Å². The zero-order chi connectivity index (χ0) is 7.30. The van der Waals surface area contributed by atoms with Crippen molar-refractivity contribution >= 4 is 5.78 Å². The monoisotopic (exact) mass is 141 g/mol. The summed E-state index contributed by atoms with van der Waals surface area (Å²) >= 11 is 0. The first-order valence-electron chi connectivity index (χ1n) is 3.38. The lowest BCUT2D eigenvalue weighted by molar-refractivity contribution is -0.501. The van der Waals surface area contributed by atoms with Crippen LogP contribution >= 0.6 is 0 Å². The molecule has 54 valence electrons. The highest BCUT2D eigenvalue weighted by atomic mass is 16.6. The number of hydrogen-bond donors (Lipinski definition) is 0. The SMILES string of the molecule is O=C1CC[C@H]2[C@@H]1[C@@H]2[N+](=O)[O-]. The minimum atomic E-state index is -0.513. The Morgan fingerprint density at radius 3 is 2.60 bits per heavy atom. The third-order valence-corrected chi connectivity index (χ3v) is 2.47. The largest absolute Gasteiger partial charge is 0.299 e. The van der Waals surface area contributed by atoms with Crippen LogP contribution in [0.4, 0.5) is 0 Å². The van der Waals surface area contributed by atoms with Crippen LogP contribution in [0.1, 0.15) is 12.8 Å². The number of Topliss-reactive ketones (excluding diaryl/α,β-unsaturated/α-hetero) is 1. The third kappa shape index (κ3) is 0.535. The number of fused-ring (bicyclic) bond motifs is 1. The van der Waals surface area contributed by atoms with E-state index in [0.717, 1.165) is 6.42 Å². The van der Waals surface area contributed by atoms with Crippen molar-refractivity contribution < 1.29 is 9.72 Å². The van der Waals surface area contributed by atoms with E-state index in [0.29, 0.717) is 6.42 Å². The molecule has 2 fully saturated rings. The van der Waals surface area contributed by atoms with Crippen molar-refractivity contribution in [3.05, 3.63) is 10.1 Å². The second-order valence-corrected chi connectivity index (χ2v) is 2.97. The Hall–Kier alpha value is -0.930. The molecule has 0 spiro atoms. The lowest BCUT2D eigenvalue weighted by atomic mass is 10.2. The van der Waals surface area contributed by atoms with E-state index in [4.69, 9.17) is 0 Å². The van der Waals surface area contributed by atoms with E-state index < -0.39 is 6.04 Å². The number of rotatable bonds is 1. The highest BCUT2D eigenvalue weighted by molar-refractivity contribution is 5.87. The molecular weight excluding hydrogens is 134 g/mol. The molecule has 0 N–H and O–H groups in total. The predicted molar refractivity (Wildman–Crippen MR) is 32.0 cm³/mol. The number of hydrogen-bond acceptors (Lipinski definition) is 3. The molecule has 2 aliphatic rings. The first-order valence-corrected chi connectivity index (χ1v) is 3.38. The van der Waals surface area contributed by atoms with Crippen LogP contribution in [0, 0.1) is 22.0 Å². The van der Waals surface area contributed by atoms with E-state index in [2.05, 4.69) is 0 Å². The van der Waals surface area contributed by atoms with Crippen molar-refractivity contribution in [2.45, 2.75) is 18.9 Å². The van der Waals surface area contributed by atoms with Crippen LogP contribution in [0.15, 0.2) is 0 Å². The maximum atomic E-state index is 10.8. The van der Waals surface area contributed by atoms with Crippen LogP contribution in [0.3, 0.4) is 0 Å². The second kappa shape index (κ2) is 1.56. The Morgan fingerprint density at radius 1 is 1.60 bits per heavy atom. The number of carbonyl (C=O) groups excluding carboxylic acids is 1. The van der Waals surface area contributed by atoms with Gasteiger partial charge < -0.3 is 0 Å². The molecule has 0 aromatic rings. The molecule has 3 atom stereocenters. The van der Waals surface area contributed by atoms with Gasteiger partial charge in [0.05, 0.1) is 5.92 Å². The van der Waals surface area contributed by atoms with Crippen LogP contribution in [-0.4, -0.2) is 16.7 Å². The maximum Gasteiger partial charge on any atom is 0.227 e. The van der Waals surface area contributed by atoms with Crippen LogP contribution in [-0.2, 0) is 4.79 Å². The molecule has 2 rings (SSSR count). The smallest absolute Gasteiger partial charge is 0.227 e. The fraction of sp³-hybridized carbons (Fsp3) is 0.833. The molecule has 0 aromatic heterocycles. The molecular formula is C6H7NO3. The Morgan fingerprint density at radius 2 is 2.30 bits per heavy atom. The first kappa shape index (κ1) is 5.82. The van der Waals surface area contributed by atoms with E-state index in [9.17, 15) is 14.9 Å². The van der Waals surface area contributed by atoms with Gasteiger partial charge in [-0.1, -0.05) is 0 Å². The van der Waals surface area contributed by atoms with Crippen molar-refractivity contribution in [1.82, 2.24) is 0 Å². The van der Waals surface area contributed by atoms with Crippen LogP contribution in [0.5, 0.6) is 0 Å². The molecule has 0 radical (unpaired) electrons. The van der Waals surface area contributed by atoms with Gasteiger partial charge in [0.2, 0.25) is 6.04 Å². The summed E-state index contributed by atoms with van der Waals surface area (Å²) in [6.07, 6.45) is 1.31. The quantitative estimate of drug-likeness (QED) is 0.388. The summed E-state index contributed by atoms with van der Waals surface area (Å²) in [4.78, 5) is 20.7. The molecule has 0 aromatic carbocycles. The van der Waals surface area contributed by atoms with E-state index >= 15 is 0 Å². The van der Waals surface area contributed by atoms with E-state index in [1.807, 2.05) is 0 Å². The van der Waals surface area contributed by atoms with Crippen molar-refractivity contribution in [1.29, 1.82) is 0 Å². The van der Waals surface area contributed by atoms with Gasteiger partial charge in [-0.15, -0.1) is 0 Å². The number of nitro groups is 1. The van der Waals surface area contributed by atoms with E-state index in [-0.39, 0.29) is 22.5 Å². The van der Waals surface area contributed by atoms with Crippen molar-refractivity contribution in [2.75, 3.05) is 0 Å². The molecule has 0 bridgehead atoms.